The van der Waals surface area contributed by atoms with Crippen molar-refractivity contribution in [1.82, 2.24) is 4.98 Å². The van der Waals surface area contributed by atoms with Crippen LogP contribution in [0.5, 0.6) is 5.06 Å². The van der Waals surface area contributed by atoms with Crippen LogP contribution in [0.2, 0.25) is 0 Å². The Hall–Kier alpha value is -2.28. The number of nitro benzene ring substituents is 1. The maximum Gasteiger partial charge on any atom is 0.311 e. The van der Waals surface area contributed by atoms with Crippen LogP contribution in [-0.4, -0.2) is 15.9 Å². The van der Waals surface area contributed by atoms with Crippen molar-refractivity contribution in [1.29, 1.82) is 0 Å². The molecule has 104 valence electrons. The molecule has 0 saturated carbocycles. The average molecular weight is 292 g/mol. The third-order valence-electron chi connectivity index (χ3n) is 2.57. The van der Waals surface area contributed by atoms with Gasteiger partial charge in [0, 0.05) is 24.1 Å². The van der Waals surface area contributed by atoms with E-state index in [0.29, 0.717) is 22.2 Å². The van der Waals surface area contributed by atoms with Gasteiger partial charge in [-0.3, -0.25) is 14.9 Å². The zero-order chi connectivity index (χ0) is 14.7. The molecular weight excluding hydrogens is 280 g/mol. The summed E-state index contributed by atoms with van der Waals surface area (Å²) in [6, 6.07) is 6.09. The van der Waals surface area contributed by atoms with Crippen LogP contribution in [0.4, 0.5) is 5.69 Å². The summed E-state index contributed by atoms with van der Waals surface area (Å²) in [4.78, 5) is 25.7. The molecule has 1 aromatic carbocycles. The highest BCUT2D eigenvalue weighted by Crippen LogP contribution is 2.34. The van der Waals surface area contributed by atoms with Gasteiger partial charge in [-0.25, -0.2) is 4.98 Å². The van der Waals surface area contributed by atoms with Gasteiger partial charge in [0.25, 0.3) is 5.69 Å². The second kappa shape index (κ2) is 5.79. The lowest BCUT2D eigenvalue weighted by Crippen LogP contribution is -2.04. The summed E-state index contributed by atoms with van der Waals surface area (Å²) >= 11 is 1.25. The summed E-state index contributed by atoms with van der Waals surface area (Å²) in [6.45, 7) is 3.47. The molecule has 0 atom stereocenters. The first-order valence-corrected chi connectivity index (χ1v) is 6.76. The van der Waals surface area contributed by atoms with E-state index in [0.717, 1.165) is 5.56 Å². The van der Waals surface area contributed by atoms with E-state index in [1.807, 2.05) is 0 Å². The first kappa shape index (κ1) is 14.1. The molecule has 0 fully saturated rings. The summed E-state index contributed by atoms with van der Waals surface area (Å²) < 4.78 is 5.17. The van der Waals surface area contributed by atoms with Crippen molar-refractivity contribution in [2.24, 2.45) is 0 Å². The predicted octanol–water partition coefficient (Wildman–Crippen LogP) is 3.34. The Labute approximate surface area is 119 Å². The molecule has 7 heteroatoms. The lowest BCUT2D eigenvalue weighted by molar-refractivity contribution is -0.384. The number of nitrogens with zero attached hydrogens (tertiary/aromatic N) is 2. The first-order chi connectivity index (χ1) is 9.51. The molecule has 0 aliphatic heterocycles. The Morgan fingerprint density at radius 1 is 1.40 bits per heavy atom. The van der Waals surface area contributed by atoms with E-state index in [9.17, 15) is 14.9 Å². The van der Waals surface area contributed by atoms with E-state index >= 15 is 0 Å². The normalized spacial score (nSPS) is 10.3. The number of hydrogen-bond donors (Lipinski definition) is 0. The van der Waals surface area contributed by atoms with Gasteiger partial charge in [-0.15, -0.1) is 0 Å². The van der Waals surface area contributed by atoms with Crippen LogP contribution in [-0.2, 0) is 4.79 Å². The molecule has 0 N–H and O–H groups in total. The van der Waals surface area contributed by atoms with Crippen molar-refractivity contribution in [3.8, 4) is 15.6 Å². The van der Waals surface area contributed by atoms with Crippen molar-refractivity contribution >= 4 is 23.0 Å². The van der Waals surface area contributed by atoms with E-state index in [1.165, 1.54) is 23.5 Å². The minimum absolute atomic E-state index is 0.0275. The summed E-state index contributed by atoms with van der Waals surface area (Å²) in [5.74, 6) is -0.313. The first-order valence-electron chi connectivity index (χ1n) is 5.94. The van der Waals surface area contributed by atoms with Gasteiger partial charge in [-0.1, -0.05) is 18.3 Å². The van der Waals surface area contributed by atoms with Crippen LogP contribution in [0.25, 0.3) is 10.6 Å². The van der Waals surface area contributed by atoms with Crippen LogP contribution in [0, 0.1) is 17.0 Å². The van der Waals surface area contributed by atoms with Gasteiger partial charge in [-0.05, 0) is 19.1 Å². The Balaban J connectivity index is 2.27. The number of aryl methyl sites for hydroxylation is 1. The van der Waals surface area contributed by atoms with E-state index in [2.05, 4.69) is 4.98 Å². The number of rotatable bonds is 4. The number of benzene rings is 1. The van der Waals surface area contributed by atoms with Gasteiger partial charge < -0.3 is 4.74 Å². The molecule has 0 aliphatic rings. The van der Waals surface area contributed by atoms with Crippen molar-refractivity contribution < 1.29 is 14.5 Å². The number of thiazole rings is 1. The molecule has 0 aliphatic carbocycles. The average Bonchev–Trinajstić information content (AvgIpc) is 2.80. The third-order valence-corrected chi connectivity index (χ3v) is 3.66. The Morgan fingerprint density at radius 3 is 2.60 bits per heavy atom. The zero-order valence-corrected chi connectivity index (χ0v) is 11.8. The van der Waals surface area contributed by atoms with Crippen LogP contribution < -0.4 is 4.74 Å². The Morgan fingerprint density at radius 2 is 2.05 bits per heavy atom. The fourth-order valence-electron chi connectivity index (χ4n) is 1.50. The number of carbonyl (C=O) groups is 1. The quantitative estimate of drug-likeness (QED) is 0.490. The molecular formula is C13H12N2O4S. The molecule has 2 rings (SSSR count). The van der Waals surface area contributed by atoms with Crippen molar-refractivity contribution in [3.05, 3.63) is 40.1 Å². The summed E-state index contributed by atoms with van der Waals surface area (Å²) in [6.07, 6.45) is 0.296. The molecule has 0 radical (unpaired) electrons. The zero-order valence-electron chi connectivity index (χ0n) is 11.0. The largest absolute Gasteiger partial charge is 0.413 e. The molecule has 0 amide bonds. The van der Waals surface area contributed by atoms with E-state index in [-0.39, 0.29) is 11.7 Å². The van der Waals surface area contributed by atoms with E-state index < -0.39 is 4.92 Å². The van der Waals surface area contributed by atoms with Crippen LogP contribution in [0.1, 0.15) is 19.0 Å². The predicted molar refractivity (Wildman–Crippen MR) is 74.9 cm³/mol. The molecule has 20 heavy (non-hydrogen) atoms. The maximum absolute atomic E-state index is 11.3. The number of hydrogen-bond acceptors (Lipinski definition) is 6. The molecule has 1 aromatic heterocycles. The fourth-order valence-corrected chi connectivity index (χ4v) is 2.44. The summed E-state index contributed by atoms with van der Waals surface area (Å²) in [7, 11) is 0. The molecule has 0 bridgehead atoms. The number of ether oxygens (including phenoxy) is 1. The second-order valence-electron chi connectivity index (χ2n) is 4.02. The molecule has 0 saturated heterocycles. The van der Waals surface area contributed by atoms with Gasteiger partial charge in [0.15, 0.2) is 0 Å². The molecule has 1 heterocycles. The number of non-ortho nitro benzene ring substituents is 1. The summed E-state index contributed by atoms with van der Waals surface area (Å²) in [5, 5.41) is 11.7. The molecule has 0 unspecified atom stereocenters. The smallest absolute Gasteiger partial charge is 0.311 e. The monoisotopic (exact) mass is 292 g/mol. The highest BCUT2D eigenvalue weighted by atomic mass is 32.1. The van der Waals surface area contributed by atoms with Crippen LogP contribution in [0.15, 0.2) is 24.3 Å². The SMILES string of the molecule is CCC(=O)Oc1sc(-c2ccc([N+](=O)[O-])cc2)nc1C. The minimum Gasteiger partial charge on any atom is -0.413 e. The lowest BCUT2D eigenvalue weighted by Gasteiger charge is -1.98. The lowest BCUT2D eigenvalue weighted by atomic mass is 10.2. The standard InChI is InChI=1S/C13H12N2O4S/c1-3-11(16)19-13-8(2)14-12(20-13)9-4-6-10(7-5-9)15(17)18/h4-7H,3H2,1-2H3. The number of nitro groups is 1. The third kappa shape index (κ3) is 3.00. The van der Waals surface area contributed by atoms with Gasteiger partial charge in [-0.2, -0.15) is 0 Å². The number of carbonyl (C=O) groups excluding carboxylic acids is 1. The maximum atomic E-state index is 11.3. The van der Waals surface area contributed by atoms with Gasteiger partial charge in [0.05, 0.1) is 10.6 Å². The summed E-state index contributed by atoms with van der Waals surface area (Å²) in [5.41, 5.74) is 1.41. The van der Waals surface area contributed by atoms with Gasteiger partial charge in [0.2, 0.25) is 5.06 Å². The van der Waals surface area contributed by atoms with E-state index in [4.69, 9.17) is 4.74 Å². The number of aromatic nitrogens is 1. The van der Waals surface area contributed by atoms with Crippen molar-refractivity contribution in [3.63, 3.8) is 0 Å². The number of esters is 1. The minimum atomic E-state index is -0.453. The second-order valence-corrected chi connectivity index (χ2v) is 4.99. The molecule has 0 spiro atoms. The topological polar surface area (TPSA) is 82.3 Å². The van der Waals surface area contributed by atoms with Gasteiger partial charge >= 0.3 is 5.97 Å². The Bertz CT molecular complexity index is 649. The van der Waals surface area contributed by atoms with E-state index in [1.54, 1.807) is 26.0 Å². The highest BCUT2D eigenvalue weighted by molar-refractivity contribution is 7.17. The highest BCUT2D eigenvalue weighted by Gasteiger charge is 2.14. The van der Waals surface area contributed by atoms with Gasteiger partial charge in [0.1, 0.15) is 5.01 Å². The van der Waals surface area contributed by atoms with Crippen molar-refractivity contribution in [2.75, 3.05) is 0 Å². The fraction of sp³-hybridized carbons (Fsp3) is 0.231. The Kier molecular flexibility index (Phi) is 4.09. The molecule has 2 aromatic rings. The van der Waals surface area contributed by atoms with Crippen LogP contribution >= 0.6 is 11.3 Å². The molecule has 6 nitrogen and oxygen atoms in total. The van der Waals surface area contributed by atoms with Crippen LogP contribution in [0.3, 0.4) is 0 Å². The van der Waals surface area contributed by atoms with Crippen molar-refractivity contribution in [2.45, 2.75) is 20.3 Å².